The summed E-state index contributed by atoms with van der Waals surface area (Å²) in [6, 6.07) is 6.91. The van der Waals surface area contributed by atoms with Gasteiger partial charge >= 0.3 is 12.1 Å². The summed E-state index contributed by atoms with van der Waals surface area (Å²) in [4.78, 5) is 28.0. The van der Waals surface area contributed by atoms with Crippen molar-refractivity contribution in [3.8, 4) is 11.3 Å². The van der Waals surface area contributed by atoms with Crippen molar-refractivity contribution >= 4 is 34.7 Å². The van der Waals surface area contributed by atoms with E-state index < -0.39 is 18.0 Å². The Morgan fingerprint density at radius 3 is 2.42 bits per heavy atom. The van der Waals surface area contributed by atoms with E-state index in [-0.39, 0.29) is 34.3 Å². The largest absolute Gasteiger partial charge is 0.490 e. The number of benzene rings is 1. The average Bonchev–Trinajstić information content (AvgIpc) is 3.62. The van der Waals surface area contributed by atoms with Crippen molar-refractivity contribution in [3.63, 3.8) is 0 Å². The summed E-state index contributed by atoms with van der Waals surface area (Å²) >= 11 is 6.40. The quantitative estimate of drug-likeness (QED) is 0.310. The fourth-order valence-electron chi connectivity index (χ4n) is 4.11. The Bertz CT molecular complexity index is 1630. The molecule has 1 saturated heterocycles. The Kier molecular flexibility index (Phi) is 9.25. The fourth-order valence-corrected chi connectivity index (χ4v) is 4.34. The van der Waals surface area contributed by atoms with E-state index in [0.29, 0.717) is 30.0 Å². The highest BCUT2D eigenvalue weighted by atomic mass is 35.5. The lowest BCUT2D eigenvalue weighted by atomic mass is 10.1. The molecular formula is C27H28ClF4N7O4. The molecule has 1 fully saturated rings. The topological polar surface area (TPSA) is 127 Å². The predicted molar refractivity (Wildman–Crippen MR) is 149 cm³/mol. The maximum atomic E-state index is 15.5. The number of carbonyl (C=O) groups is 2. The van der Waals surface area contributed by atoms with Gasteiger partial charge in [0.2, 0.25) is 0 Å². The number of nitrogens with zero attached hydrogens (tertiary/aromatic N) is 6. The molecule has 0 saturated carbocycles. The van der Waals surface area contributed by atoms with Gasteiger partial charge in [-0.15, -0.1) is 0 Å². The summed E-state index contributed by atoms with van der Waals surface area (Å²) in [6.07, 6.45) is -0.0370. The van der Waals surface area contributed by atoms with E-state index in [0.717, 1.165) is 18.8 Å². The number of alkyl halides is 3. The molecule has 1 amide bonds. The van der Waals surface area contributed by atoms with Crippen LogP contribution in [0.2, 0.25) is 5.02 Å². The number of rotatable bonds is 5. The molecular weight excluding hydrogens is 598 g/mol. The maximum Gasteiger partial charge on any atom is 0.490 e. The van der Waals surface area contributed by atoms with Gasteiger partial charge in [-0.2, -0.15) is 23.4 Å². The second kappa shape index (κ2) is 12.6. The van der Waals surface area contributed by atoms with Gasteiger partial charge in [0, 0.05) is 31.4 Å². The summed E-state index contributed by atoms with van der Waals surface area (Å²) in [7, 11) is 0. The number of aliphatic carboxylic acids is 1. The van der Waals surface area contributed by atoms with E-state index in [1.165, 1.54) is 6.33 Å². The van der Waals surface area contributed by atoms with Crippen molar-refractivity contribution in [2.45, 2.75) is 39.0 Å². The second-order valence-electron chi connectivity index (χ2n) is 10.4. The van der Waals surface area contributed by atoms with Crippen LogP contribution in [-0.4, -0.2) is 73.8 Å². The Labute approximate surface area is 248 Å². The van der Waals surface area contributed by atoms with Crippen LogP contribution in [0, 0.1) is 5.82 Å². The van der Waals surface area contributed by atoms with Gasteiger partial charge in [-0.25, -0.2) is 18.7 Å². The van der Waals surface area contributed by atoms with Crippen molar-refractivity contribution in [2.24, 2.45) is 0 Å². The van der Waals surface area contributed by atoms with Crippen molar-refractivity contribution in [1.29, 1.82) is 0 Å². The molecule has 2 N–H and O–H groups in total. The van der Waals surface area contributed by atoms with E-state index in [9.17, 15) is 18.0 Å². The molecule has 0 spiro atoms. The van der Waals surface area contributed by atoms with Crippen LogP contribution in [0.5, 0.6) is 0 Å². The van der Waals surface area contributed by atoms with Crippen molar-refractivity contribution < 1.29 is 37.0 Å². The highest BCUT2D eigenvalue weighted by Gasteiger charge is 2.38. The first kappa shape index (κ1) is 31.7. The molecule has 4 aromatic rings. The molecule has 230 valence electrons. The monoisotopic (exact) mass is 625 g/mol. The SMILES string of the molecule is CC(C)(C)n1ccc(C(=O)NCc2ccc(-c3ncnn4cc(N5CCOCC5)cc34)c(F)c2Cl)n1.O=C(O)C(F)(F)F. The summed E-state index contributed by atoms with van der Waals surface area (Å²) < 4.78 is 56.0. The molecule has 11 nitrogen and oxygen atoms in total. The summed E-state index contributed by atoms with van der Waals surface area (Å²) in [5.41, 5.74) is 2.84. The van der Waals surface area contributed by atoms with Gasteiger partial charge < -0.3 is 20.1 Å². The third-order valence-electron chi connectivity index (χ3n) is 6.38. The number of aromatic nitrogens is 5. The zero-order valence-electron chi connectivity index (χ0n) is 23.3. The highest BCUT2D eigenvalue weighted by Crippen LogP contribution is 2.33. The number of morpholine rings is 1. The minimum atomic E-state index is -5.08. The van der Waals surface area contributed by atoms with Gasteiger partial charge in [0.1, 0.15) is 17.7 Å². The minimum absolute atomic E-state index is 0.0583. The van der Waals surface area contributed by atoms with Crippen LogP contribution in [0.4, 0.5) is 23.2 Å². The zero-order chi connectivity index (χ0) is 31.5. The van der Waals surface area contributed by atoms with E-state index in [1.807, 2.05) is 33.0 Å². The maximum absolute atomic E-state index is 15.5. The van der Waals surface area contributed by atoms with Crippen molar-refractivity contribution in [2.75, 3.05) is 31.2 Å². The lowest BCUT2D eigenvalue weighted by molar-refractivity contribution is -0.192. The summed E-state index contributed by atoms with van der Waals surface area (Å²) in [5.74, 6) is -3.72. The second-order valence-corrected chi connectivity index (χ2v) is 10.8. The van der Waals surface area contributed by atoms with Gasteiger partial charge in [-0.3, -0.25) is 9.48 Å². The van der Waals surface area contributed by atoms with Crippen molar-refractivity contribution in [3.05, 3.63) is 65.1 Å². The third kappa shape index (κ3) is 7.40. The van der Waals surface area contributed by atoms with Crippen LogP contribution < -0.4 is 10.2 Å². The molecule has 3 aromatic heterocycles. The Hall–Kier alpha value is -4.24. The number of carbonyl (C=O) groups excluding carboxylic acids is 1. The number of carboxylic acid groups (broad SMARTS) is 1. The van der Waals surface area contributed by atoms with Gasteiger partial charge in [-0.1, -0.05) is 17.7 Å². The van der Waals surface area contributed by atoms with Gasteiger partial charge in [0.25, 0.3) is 5.91 Å². The van der Waals surface area contributed by atoms with Gasteiger partial charge in [0.15, 0.2) is 5.82 Å². The number of hydrogen-bond acceptors (Lipinski definition) is 7. The first-order valence-corrected chi connectivity index (χ1v) is 13.3. The fraction of sp³-hybridized carbons (Fsp3) is 0.370. The van der Waals surface area contributed by atoms with Crippen LogP contribution in [0.1, 0.15) is 36.8 Å². The molecule has 0 radical (unpaired) electrons. The lowest BCUT2D eigenvalue weighted by Gasteiger charge is -2.27. The number of nitrogens with one attached hydrogen (secondary N) is 1. The molecule has 43 heavy (non-hydrogen) atoms. The molecule has 1 aliphatic rings. The molecule has 0 atom stereocenters. The van der Waals surface area contributed by atoms with E-state index in [4.69, 9.17) is 26.2 Å². The highest BCUT2D eigenvalue weighted by molar-refractivity contribution is 6.31. The van der Waals surface area contributed by atoms with Gasteiger partial charge in [-0.05, 0) is 44.5 Å². The molecule has 0 aliphatic carbocycles. The van der Waals surface area contributed by atoms with Crippen LogP contribution in [0.25, 0.3) is 16.8 Å². The number of hydrogen-bond donors (Lipinski definition) is 2. The summed E-state index contributed by atoms with van der Waals surface area (Å²) in [5, 5.41) is 18.4. The van der Waals surface area contributed by atoms with Crippen LogP contribution >= 0.6 is 11.6 Å². The lowest BCUT2D eigenvalue weighted by Crippen LogP contribution is -2.35. The first-order chi connectivity index (χ1) is 20.2. The molecule has 0 bridgehead atoms. The molecule has 1 aliphatic heterocycles. The normalized spacial score (nSPS) is 13.9. The number of halogens is 5. The van der Waals surface area contributed by atoms with E-state index >= 15 is 4.39 Å². The molecule has 5 rings (SSSR count). The Morgan fingerprint density at radius 2 is 1.81 bits per heavy atom. The van der Waals surface area contributed by atoms with Crippen molar-refractivity contribution in [1.82, 2.24) is 29.7 Å². The molecule has 0 unspecified atom stereocenters. The van der Waals surface area contributed by atoms with E-state index in [1.54, 1.807) is 33.6 Å². The van der Waals surface area contributed by atoms with Crippen LogP contribution in [0.3, 0.4) is 0 Å². The zero-order valence-corrected chi connectivity index (χ0v) is 24.1. The van der Waals surface area contributed by atoms with Crippen LogP contribution in [-0.2, 0) is 21.6 Å². The average molecular weight is 626 g/mol. The van der Waals surface area contributed by atoms with E-state index in [2.05, 4.69) is 25.4 Å². The number of carboxylic acids is 1. The number of amides is 1. The smallest absolute Gasteiger partial charge is 0.475 e. The Balaban J connectivity index is 0.000000541. The molecule has 4 heterocycles. The number of fused-ring (bicyclic) bond motifs is 1. The number of anilines is 1. The minimum Gasteiger partial charge on any atom is -0.475 e. The third-order valence-corrected chi connectivity index (χ3v) is 6.78. The van der Waals surface area contributed by atoms with Crippen LogP contribution in [0.15, 0.2) is 43.0 Å². The standard InChI is InChI=1S/C25H27ClFN7O2.C2HF3O2/c1-25(2,3)34-7-6-19(31-34)24(35)28-13-16-4-5-18(22(27)21(16)26)23-20-12-17(14-33(20)30-15-29-23)32-8-10-36-11-9-32;3-2(4,5)1(6)7/h4-7,12,14-15H,8-11,13H2,1-3H3,(H,28,35);(H,6,7). The number of ether oxygens (including phenoxy) is 1. The first-order valence-electron chi connectivity index (χ1n) is 12.9. The van der Waals surface area contributed by atoms with Gasteiger partial charge in [0.05, 0.1) is 41.2 Å². The Morgan fingerprint density at radius 1 is 1.14 bits per heavy atom. The molecule has 16 heteroatoms. The molecule has 1 aromatic carbocycles. The summed E-state index contributed by atoms with van der Waals surface area (Å²) in [6.45, 7) is 8.91. The predicted octanol–water partition coefficient (Wildman–Crippen LogP) is 4.54.